The first-order valence-corrected chi connectivity index (χ1v) is 7.90. The third kappa shape index (κ3) is 4.11. The standard InChI is InChI=1S/C16H24ClN3O/c1-12(2)11-14(18)16(21)20-9-7-19(8-10-20)15-6-4-3-5-13(15)17/h3-6,12,14H,7-11,18H2,1-2H3/t14-/m1/s1. The van der Waals surface area contributed by atoms with Crippen LogP contribution in [0.25, 0.3) is 0 Å². The van der Waals surface area contributed by atoms with Crippen molar-refractivity contribution < 1.29 is 4.79 Å². The van der Waals surface area contributed by atoms with Gasteiger partial charge in [-0.25, -0.2) is 0 Å². The highest BCUT2D eigenvalue weighted by molar-refractivity contribution is 6.33. The van der Waals surface area contributed by atoms with Gasteiger partial charge in [0.2, 0.25) is 5.91 Å². The molecule has 1 amide bonds. The lowest BCUT2D eigenvalue weighted by Crippen LogP contribution is -2.53. The first-order valence-electron chi connectivity index (χ1n) is 7.53. The number of hydrogen-bond donors (Lipinski definition) is 1. The predicted molar refractivity (Wildman–Crippen MR) is 87.7 cm³/mol. The molecule has 0 unspecified atom stereocenters. The van der Waals surface area contributed by atoms with Gasteiger partial charge in [0, 0.05) is 26.2 Å². The Balaban J connectivity index is 1.91. The summed E-state index contributed by atoms with van der Waals surface area (Å²) in [6.07, 6.45) is 0.740. The van der Waals surface area contributed by atoms with E-state index in [0.29, 0.717) is 19.0 Å². The van der Waals surface area contributed by atoms with Gasteiger partial charge < -0.3 is 15.5 Å². The first kappa shape index (κ1) is 16.1. The predicted octanol–water partition coefficient (Wildman–Crippen LogP) is 2.36. The van der Waals surface area contributed by atoms with E-state index in [2.05, 4.69) is 18.7 Å². The number of benzene rings is 1. The van der Waals surface area contributed by atoms with Crippen molar-refractivity contribution in [3.63, 3.8) is 0 Å². The number of nitrogens with zero attached hydrogens (tertiary/aromatic N) is 2. The van der Waals surface area contributed by atoms with Gasteiger partial charge in [-0.15, -0.1) is 0 Å². The molecule has 4 nitrogen and oxygen atoms in total. The third-order valence-electron chi connectivity index (χ3n) is 3.83. The molecule has 0 saturated carbocycles. The number of rotatable bonds is 4. The Morgan fingerprint density at radius 2 is 1.86 bits per heavy atom. The zero-order valence-electron chi connectivity index (χ0n) is 12.8. The second-order valence-electron chi connectivity index (χ2n) is 6.00. The zero-order valence-corrected chi connectivity index (χ0v) is 13.5. The highest BCUT2D eigenvalue weighted by atomic mass is 35.5. The van der Waals surface area contributed by atoms with Crippen LogP contribution in [-0.4, -0.2) is 43.0 Å². The summed E-state index contributed by atoms with van der Waals surface area (Å²) >= 11 is 6.22. The minimum Gasteiger partial charge on any atom is -0.367 e. The number of carbonyl (C=O) groups is 1. The maximum atomic E-state index is 12.3. The number of halogens is 1. The number of para-hydroxylation sites is 1. The Bertz CT molecular complexity index is 484. The summed E-state index contributed by atoms with van der Waals surface area (Å²) < 4.78 is 0. The fourth-order valence-corrected chi connectivity index (χ4v) is 2.97. The molecule has 116 valence electrons. The maximum Gasteiger partial charge on any atom is 0.239 e. The van der Waals surface area contributed by atoms with Crippen LogP contribution in [0.15, 0.2) is 24.3 Å². The smallest absolute Gasteiger partial charge is 0.239 e. The van der Waals surface area contributed by atoms with Crippen molar-refractivity contribution in [2.45, 2.75) is 26.3 Å². The number of amides is 1. The highest BCUT2D eigenvalue weighted by Crippen LogP contribution is 2.26. The number of piperazine rings is 1. The number of hydrogen-bond acceptors (Lipinski definition) is 3. The molecule has 1 fully saturated rings. The van der Waals surface area contributed by atoms with Crippen LogP contribution in [0.1, 0.15) is 20.3 Å². The van der Waals surface area contributed by atoms with Crippen molar-refractivity contribution in [1.29, 1.82) is 0 Å². The van der Waals surface area contributed by atoms with E-state index in [1.165, 1.54) is 0 Å². The molecule has 0 spiro atoms. The average Bonchev–Trinajstić information content (AvgIpc) is 2.46. The Labute approximate surface area is 131 Å². The van der Waals surface area contributed by atoms with Crippen LogP contribution < -0.4 is 10.6 Å². The van der Waals surface area contributed by atoms with Crippen molar-refractivity contribution in [1.82, 2.24) is 4.90 Å². The molecule has 21 heavy (non-hydrogen) atoms. The molecule has 0 bridgehead atoms. The summed E-state index contributed by atoms with van der Waals surface area (Å²) in [5.41, 5.74) is 7.03. The van der Waals surface area contributed by atoms with Crippen molar-refractivity contribution in [2.24, 2.45) is 11.7 Å². The molecule has 1 aromatic rings. The topological polar surface area (TPSA) is 49.6 Å². The fraction of sp³-hybridized carbons (Fsp3) is 0.562. The average molecular weight is 310 g/mol. The molecule has 1 aliphatic rings. The second kappa shape index (κ2) is 7.14. The highest BCUT2D eigenvalue weighted by Gasteiger charge is 2.26. The van der Waals surface area contributed by atoms with Gasteiger partial charge in [0.25, 0.3) is 0 Å². The SMILES string of the molecule is CC(C)C[C@@H](N)C(=O)N1CCN(c2ccccc2Cl)CC1. The summed E-state index contributed by atoms with van der Waals surface area (Å²) in [7, 11) is 0. The van der Waals surface area contributed by atoms with E-state index in [0.717, 1.165) is 30.2 Å². The Morgan fingerprint density at radius 1 is 1.24 bits per heavy atom. The van der Waals surface area contributed by atoms with Gasteiger partial charge in [0.1, 0.15) is 0 Å². The first-order chi connectivity index (χ1) is 9.99. The van der Waals surface area contributed by atoms with Crippen LogP contribution in [0.4, 0.5) is 5.69 Å². The summed E-state index contributed by atoms with van der Waals surface area (Å²) in [5, 5.41) is 0.758. The van der Waals surface area contributed by atoms with Gasteiger partial charge in [0.05, 0.1) is 16.8 Å². The minimum atomic E-state index is -0.378. The summed E-state index contributed by atoms with van der Waals surface area (Å²) in [5.74, 6) is 0.510. The summed E-state index contributed by atoms with van der Waals surface area (Å²) in [6.45, 7) is 7.17. The molecule has 2 N–H and O–H groups in total. The van der Waals surface area contributed by atoms with Crippen molar-refractivity contribution in [3.8, 4) is 0 Å². The molecule has 5 heteroatoms. The van der Waals surface area contributed by atoms with Gasteiger partial charge in [0.15, 0.2) is 0 Å². The molecule has 2 rings (SSSR count). The lowest BCUT2D eigenvalue weighted by Gasteiger charge is -2.37. The fourth-order valence-electron chi connectivity index (χ4n) is 2.72. The Hall–Kier alpha value is -1.26. The summed E-state index contributed by atoms with van der Waals surface area (Å²) in [6, 6.07) is 7.45. The van der Waals surface area contributed by atoms with Crippen molar-refractivity contribution >= 4 is 23.2 Å². The van der Waals surface area contributed by atoms with E-state index in [4.69, 9.17) is 17.3 Å². The minimum absolute atomic E-state index is 0.0718. The van der Waals surface area contributed by atoms with Gasteiger partial charge in [-0.3, -0.25) is 4.79 Å². The van der Waals surface area contributed by atoms with Gasteiger partial charge in [-0.05, 0) is 24.5 Å². The van der Waals surface area contributed by atoms with Gasteiger partial charge in [-0.1, -0.05) is 37.6 Å². The summed E-state index contributed by atoms with van der Waals surface area (Å²) in [4.78, 5) is 16.4. The van der Waals surface area contributed by atoms with Crippen LogP contribution >= 0.6 is 11.6 Å². The van der Waals surface area contributed by atoms with Crippen LogP contribution in [-0.2, 0) is 4.79 Å². The number of nitrogens with two attached hydrogens (primary N) is 1. The largest absolute Gasteiger partial charge is 0.367 e. The molecule has 1 saturated heterocycles. The molecule has 0 radical (unpaired) electrons. The molecule has 1 aliphatic heterocycles. The normalized spacial score (nSPS) is 17.2. The van der Waals surface area contributed by atoms with Gasteiger partial charge in [-0.2, -0.15) is 0 Å². The molecule has 0 aliphatic carbocycles. The second-order valence-corrected chi connectivity index (χ2v) is 6.41. The van der Waals surface area contributed by atoms with E-state index < -0.39 is 0 Å². The van der Waals surface area contributed by atoms with Crippen molar-refractivity contribution in [2.75, 3.05) is 31.1 Å². The van der Waals surface area contributed by atoms with Crippen molar-refractivity contribution in [3.05, 3.63) is 29.3 Å². The quantitative estimate of drug-likeness (QED) is 0.929. The lowest BCUT2D eigenvalue weighted by molar-refractivity contribution is -0.133. The van der Waals surface area contributed by atoms with E-state index in [1.54, 1.807) is 0 Å². The van der Waals surface area contributed by atoms with E-state index in [9.17, 15) is 4.79 Å². The number of carbonyl (C=O) groups excluding carboxylic acids is 1. The van der Waals surface area contributed by atoms with Gasteiger partial charge >= 0.3 is 0 Å². The van der Waals surface area contributed by atoms with Crippen LogP contribution in [0.2, 0.25) is 5.02 Å². The monoisotopic (exact) mass is 309 g/mol. The number of anilines is 1. The van der Waals surface area contributed by atoms with E-state index in [-0.39, 0.29) is 11.9 Å². The van der Waals surface area contributed by atoms with E-state index in [1.807, 2.05) is 29.2 Å². The molecular weight excluding hydrogens is 286 g/mol. The third-order valence-corrected chi connectivity index (χ3v) is 4.15. The maximum absolute atomic E-state index is 12.3. The lowest BCUT2D eigenvalue weighted by atomic mass is 10.0. The molecular formula is C16H24ClN3O. The zero-order chi connectivity index (χ0) is 15.4. The molecule has 1 atom stereocenters. The molecule has 1 aromatic carbocycles. The Morgan fingerprint density at radius 3 is 2.43 bits per heavy atom. The molecule has 0 aromatic heterocycles. The van der Waals surface area contributed by atoms with Crippen LogP contribution in [0.5, 0.6) is 0 Å². The molecule has 1 heterocycles. The van der Waals surface area contributed by atoms with Crippen LogP contribution in [0, 0.1) is 5.92 Å². The van der Waals surface area contributed by atoms with E-state index >= 15 is 0 Å². The Kier molecular flexibility index (Phi) is 5.48. The van der Waals surface area contributed by atoms with Crippen LogP contribution in [0.3, 0.4) is 0 Å².